The first-order valence-electron chi connectivity index (χ1n) is 6.88. The van der Waals surface area contributed by atoms with Crippen LogP contribution >= 0.6 is 11.6 Å². The second kappa shape index (κ2) is 7.26. The predicted octanol–water partition coefficient (Wildman–Crippen LogP) is 1.34. The maximum absolute atomic E-state index is 14.1. The maximum Gasteiger partial charge on any atom is 0.368 e. The summed E-state index contributed by atoms with van der Waals surface area (Å²) in [7, 11) is -3.65. The molecule has 1 N–H and O–H groups in total. The molecule has 0 spiro atoms. The molecule has 2 aromatic rings. The van der Waals surface area contributed by atoms with Crippen LogP contribution < -0.4 is 10.4 Å². The van der Waals surface area contributed by atoms with E-state index in [0.29, 0.717) is 4.68 Å². The van der Waals surface area contributed by atoms with Crippen molar-refractivity contribution >= 4 is 27.3 Å². The van der Waals surface area contributed by atoms with Gasteiger partial charge in [-0.3, -0.25) is 9.11 Å². The van der Waals surface area contributed by atoms with Gasteiger partial charge in [0.2, 0.25) is 10.0 Å². The highest BCUT2D eigenvalue weighted by Gasteiger charge is 2.20. The number of alkyl halides is 1. The van der Waals surface area contributed by atoms with E-state index in [1.807, 2.05) is 0 Å². The molecule has 0 aliphatic rings. The number of hydrogen-bond acceptors (Lipinski definition) is 5. The van der Waals surface area contributed by atoms with E-state index in [2.05, 4.69) is 15.1 Å². The van der Waals surface area contributed by atoms with Crippen LogP contribution in [0.3, 0.4) is 0 Å². The fourth-order valence-corrected chi connectivity index (χ4v) is 2.80. The summed E-state index contributed by atoms with van der Waals surface area (Å²) >= 11 is 6.03. The summed E-state index contributed by atoms with van der Waals surface area (Å²) in [6.07, 6.45) is 0.0468. The lowest BCUT2D eigenvalue weighted by atomic mass is 10.2. The number of sulfonamides is 1. The van der Waals surface area contributed by atoms with Crippen LogP contribution in [0.2, 0.25) is 5.02 Å². The van der Waals surface area contributed by atoms with Crippen LogP contribution in [0.25, 0.3) is 5.69 Å². The molecule has 132 valence electrons. The number of tetrazole rings is 1. The lowest BCUT2D eigenvalue weighted by Crippen LogP contribution is -2.25. The van der Waals surface area contributed by atoms with E-state index >= 15 is 0 Å². The number of aryl methyl sites for hydroxylation is 1. The third-order valence-corrected chi connectivity index (χ3v) is 4.74. The third-order valence-electron chi connectivity index (χ3n) is 3.07. The number of halogens is 3. The maximum atomic E-state index is 14.1. The number of anilines is 1. The Labute approximate surface area is 141 Å². The van der Waals surface area contributed by atoms with Gasteiger partial charge in [0.05, 0.1) is 29.7 Å². The number of benzene rings is 1. The molecule has 1 aromatic carbocycles. The zero-order chi connectivity index (χ0) is 17.9. The molecular formula is C12H14ClF2N5O3S. The van der Waals surface area contributed by atoms with Crippen LogP contribution in [-0.2, 0) is 16.6 Å². The van der Waals surface area contributed by atoms with Crippen molar-refractivity contribution < 1.29 is 17.2 Å². The fraction of sp³-hybridized carbons (Fsp3) is 0.417. The zero-order valence-corrected chi connectivity index (χ0v) is 14.1. The van der Waals surface area contributed by atoms with Crippen molar-refractivity contribution in [2.75, 3.05) is 17.1 Å². The van der Waals surface area contributed by atoms with E-state index in [0.717, 1.165) is 16.8 Å². The number of nitrogens with zero attached hydrogens (tertiary/aromatic N) is 4. The molecule has 24 heavy (non-hydrogen) atoms. The monoisotopic (exact) mass is 381 g/mol. The summed E-state index contributed by atoms with van der Waals surface area (Å²) in [6, 6.07) is 2.08. The van der Waals surface area contributed by atoms with Crippen LogP contribution in [0.4, 0.5) is 14.5 Å². The largest absolute Gasteiger partial charge is 0.368 e. The average molecular weight is 382 g/mol. The summed E-state index contributed by atoms with van der Waals surface area (Å²) in [6.45, 7) is 0.737. The predicted molar refractivity (Wildman–Crippen MR) is 84.3 cm³/mol. The van der Waals surface area contributed by atoms with Gasteiger partial charge in [0.15, 0.2) is 5.82 Å². The molecule has 1 aromatic heterocycles. The van der Waals surface area contributed by atoms with Gasteiger partial charge in [0, 0.05) is 0 Å². The molecule has 0 aliphatic heterocycles. The lowest BCUT2D eigenvalue weighted by molar-refractivity contribution is 0.427. The van der Waals surface area contributed by atoms with Gasteiger partial charge in [0.1, 0.15) is 5.69 Å². The molecule has 0 saturated carbocycles. The summed E-state index contributed by atoms with van der Waals surface area (Å²) in [5.41, 5.74) is -1.36. The van der Waals surface area contributed by atoms with Gasteiger partial charge in [-0.25, -0.2) is 17.6 Å². The van der Waals surface area contributed by atoms with Gasteiger partial charge in [-0.05, 0) is 35.9 Å². The third kappa shape index (κ3) is 3.73. The van der Waals surface area contributed by atoms with Crippen LogP contribution in [0.1, 0.15) is 13.3 Å². The van der Waals surface area contributed by atoms with Crippen molar-refractivity contribution in [1.29, 1.82) is 0 Å². The molecular weight excluding hydrogens is 368 g/mol. The van der Waals surface area contributed by atoms with Gasteiger partial charge in [-0.2, -0.15) is 9.36 Å². The highest BCUT2D eigenvalue weighted by molar-refractivity contribution is 7.92. The van der Waals surface area contributed by atoms with Crippen molar-refractivity contribution in [1.82, 2.24) is 19.8 Å². The molecule has 0 atom stereocenters. The van der Waals surface area contributed by atoms with Crippen molar-refractivity contribution in [2.24, 2.45) is 0 Å². The van der Waals surface area contributed by atoms with Crippen LogP contribution in [0, 0.1) is 5.82 Å². The molecule has 1 heterocycles. The van der Waals surface area contributed by atoms with Gasteiger partial charge in [0.25, 0.3) is 0 Å². The first kappa shape index (κ1) is 18.3. The number of hydrogen-bond donors (Lipinski definition) is 1. The SMILES string of the molecule is CCS(=O)(=O)Nc1ccc(F)c(-n2nnn(CCCF)c2=O)c1Cl. The minimum absolute atomic E-state index is 0.0310. The van der Waals surface area contributed by atoms with Crippen molar-refractivity contribution in [3.05, 3.63) is 33.5 Å². The van der Waals surface area contributed by atoms with Crippen LogP contribution in [-0.4, -0.2) is 40.6 Å². The molecule has 0 unspecified atom stereocenters. The Morgan fingerprint density at radius 3 is 2.67 bits per heavy atom. The standard InChI is InChI=1S/C12H14ClF2N5O3S/c1-2-24(22,23)16-9-5-4-8(15)11(10(9)13)20-12(21)19(17-18-20)7-3-6-14/h4-5,16H,2-3,6-7H2,1H3. The summed E-state index contributed by atoms with van der Waals surface area (Å²) in [4.78, 5) is 12.1. The van der Waals surface area contributed by atoms with Gasteiger partial charge < -0.3 is 0 Å². The molecule has 0 amide bonds. The lowest BCUT2D eigenvalue weighted by Gasteiger charge is -2.11. The minimum Gasteiger partial charge on any atom is -0.282 e. The number of nitrogens with one attached hydrogen (secondary N) is 1. The Kier molecular flexibility index (Phi) is 5.54. The number of rotatable bonds is 7. The molecule has 12 heteroatoms. The molecule has 0 fully saturated rings. The van der Waals surface area contributed by atoms with E-state index in [-0.39, 0.29) is 29.4 Å². The van der Waals surface area contributed by atoms with E-state index in [9.17, 15) is 22.0 Å². The van der Waals surface area contributed by atoms with Crippen molar-refractivity contribution in [3.8, 4) is 5.69 Å². The topological polar surface area (TPSA) is 98.9 Å². The number of aromatic nitrogens is 4. The molecule has 0 radical (unpaired) electrons. The summed E-state index contributed by atoms with van der Waals surface area (Å²) < 4.78 is 53.2. The smallest absolute Gasteiger partial charge is 0.282 e. The quantitative estimate of drug-likeness (QED) is 0.780. The van der Waals surface area contributed by atoms with E-state index in [1.165, 1.54) is 6.92 Å². The Balaban J connectivity index is 2.51. The average Bonchev–Trinajstić information content (AvgIpc) is 2.89. The molecule has 0 saturated heterocycles. The molecule has 2 rings (SSSR count). The second-order valence-corrected chi connectivity index (χ2v) is 7.09. The highest BCUT2D eigenvalue weighted by Crippen LogP contribution is 2.30. The van der Waals surface area contributed by atoms with Crippen molar-refractivity contribution in [3.63, 3.8) is 0 Å². The fourth-order valence-electron chi connectivity index (χ4n) is 1.82. The normalized spacial score (nSPS) is 11.7. The first-order valence-corrected chi connectivity index (χ1v) is 8.91. The highest BCUT2D eigenvalue weighted by atomic mass is 35.5. The van der Waals surface area contributed by atoms with Crippen molar-refractivity contribution in [2.45, 2.75) is 19.9 Å². The second-order valence-electron chi connectivity index (χ2n) is 4.70. The van der Waals surface area contributed by atoms with Gasteiger partial charge >= 0.3 is 5.69 Å². The van der Waals surface area contributed by atoms with E-state index < -0.39 is 33.9 Å². The summed E-state index contributed by atoms with van der Waals surface area (Å²) in [5.74, 6) is -1.10. The van der Waals surface area contributed by atoms with Gasteiger partial charge in [-0.1, -0.05) is 11.6 Å². The van der Waals surface area contributed by atoms with Crippen LogP contribution in [0.15, 0.2) is 16.9 Å². The van der Waals surface area contributed by atoms with E-state index in [1.54, 1.807) is 0 Å². The first-order chi connectivity index (χ1) is 11.3. The Morgan fingerprint density at radius 1 is 1.33 bits per heavy atom. The molecule has 0 bridgehead atoms. The van der Waals surface area contributed by atoms with Gasteiger partial charge in [-0.15, -0.1) is 0 Å². The molecule has 8 nitrogen and oxygen atoms in total. The Morgan fingerprint density at radius 2 is 2.04 bits per heavy atom. The minimum atomic E-state index is -3.65. The Bertz CT molecular complexity index is 897. The summed E-state index contributed by atoms with van der Waals surface area (Å²) in [5, 5.41) is 6.69. The molecule has 0 aliphatic carbocycles. The zero-order valence-electron chi connectivity index (χ0n) is 12.5. The van der Waals surface area contributed by atoms with Crippen LogP contribution in [0.5, 0.6) is 0 Å². The Hall–Kier alpha value is -2.01. The van der Waals surface area contributed by atoms with E-state index in [4.69, 9.17) is 11.6 Å².